The number of anilines is 1. The number of carbonyl (C=O) groups excluding carboxylic acids is 2. The molecule has 1 saturated carbocycles. The zero-order chi connectivity index (χ0) is 15.7. The quantitative estimate of drug-likeness (QED) is 0.672. The molecule has 1 fully saturated rings. The molecule has 0 aromatic heterocycles. The highest BCUT2D eigenvalue weighted by Crippen LogP contribution is 2.43. The molecule has 0 aliphatic heterocycles. The van der Waals surface area contributed by atoms with Crippen LogP contribution in [0.25, 0.3) is 0 Å². The van der Waals surface area contributed by atoms with Crippen LogP contribution in [0.4, 0.5) is 5.69 Å². The van der Waals surface area contributed by atoms with E-state index in [-0.39, 0.29) is 24.4 Å². The van der Waals surface area contributed by atoms with Gasteiger partial charge in [-0.25, -0.2) is 0 Å². The van der Waals surface area contributed by atoms with Crippen molar-refractivity contribution in [3.63, 3.8) is 0 Å². The Kier molecular flexibility index (Phi) is 4.41. The summed E-state index contributed by atoms with van der Waals surface area (Å²) in [6, 6.07) is 4.73. The van der Waals surface area contributed by atoms with Gasteiger partial charge in [0.2, 0.25) is 0 Å². The summed E-state index contributed by atoms with van der Waals surface area (Å²) in [6.07, 6.45) is 6.08. The van der Waals surface area contributed by atoms with Gasteiger partial charge in [-0.15, -0.1) is 0 Å². The van der Waals surface area contributed by atoms with E-state index in [2.05, 4.69) is 17.5 Å². The SMILES string of the molecule is O=C(COC(=O)[C@@H]1C[C@@H]2C=C[C@H]1C2)Nc1cc(Cl)cc(Cl)c1. The summed E-state index contributed by atoms with van der Waals surface area (Å²) >= 11 is 11.7. The third-order valence-electron chi connectivity index (χ3n) is 4.07. The average Bonchev–Trinajstić information content (AvgIpc) is 3.06. The number of amides is 1. The molecule has 0 heterocycles. The molecular weight excluding hydrogens is 325 g/mol. The minimum Gasteiger partial charge on any atom is -0.455 e. The molecule has 0 spiro atoms. The van der Waals surface area contributed by atoms with Crippen molar-refractivity contribution >= 4 is 40.8 Å². The second kappa shape index (κ2) is 6.31. The van der Waals surface area contributed by atoms with E-state index in [1.165, 1.54) is 0 Å². The summed E-state index contributed by atoms with van der Waals surface area (Å²) < 4.78 is 5.12. The fourth-order valence-corrected chi connectivity index (χ4v) is 3.64. The van der Waals surface area contributed by atoms with Crippen LogP contribution in [0.1, 0.15) is 12.8 Å². The highest BCUT2D eigenvalue weighted by molar-refractivity contribution is 6.35. The van der Waals surface area contributed by atoms with E-state index < -0.39 is 5.91 Å². The topological polar surface area (TPSA) is 55.4 Å². The third-order valence-corrected chi connectivity index (χ3v) is 4.51. The van der Waals surface area contributed by atoms with E-state index >= 15 is 0 Å². The summed E-state index contributed by atoms with van der Waals surface area (Å²) in [7, 11) is 0. The molecule has 6 heteroatoms. The molecule has 1 aromatic rings. The number of fused-ring (bicyclic) bond motifs is 2. The van der Waals surface area contributed by atoms with Gasteiger partial charge in [0.05, 0.1) is 5.92 Å². The van der Waals surface area contributed by atoms with Crippen molar-refractivity contribution in [1.82, 2.24) is 0 Å². The Balaban J connectivity index is 1.50. The van der Waals surface area contributed by atoms with E-state index in [1.807, 2.05) is 0 Å². The average molecular weight is 340 g/mol. The molecule has 22 heavy (non-hydrogen) atoms. The fourth-order valence-electron chi connectivity index (χ4n) is 3.12. The molecule has 3 rings (SSSR count). The number of nitrogens with one attached hydrogen (secondary N) is 1. The lowest BCUT2D eigenvalue weighted by atomic mass is 9.94. The molecule has 2 bridgehead atoms. The summed E-state index contributed by atoms with van der Waals surface area (Å²) in [4.78, 5) is 23.8. The van der Waals surface area contributed by atoms with Gasteiger partial charge in [-0.1, -0.05) is 35.4 Å². The molecule has 4 nitrogen and oxygen atoms in total. The van der Waals surface area contributed by atoms with Gasteiger partial charge in [0.15, 0.2) is 6.61 Å². The van der Waals surface area contributed by atoms with E-state index in [0.717, 1.165) is 12.8 Å². The van der Waals surface area contributed by atoms with Crippen LogP contribution in [0.3, 0.4) is 0 Å². The first-order valence-electron chi connectivity index (χ1n) is 7.12. The lowest BCUT2D eigenvalue weighted by molar-refractivity contribution is -0.152. The molecule has 1 aromatic carbocycles. The standard InChI is InChI=1S/C16H15Cl2NO3/c17-11-5-12(18)7-13(6-11)19-15(20)8-22-16(21)14-4-9-1-2-10(14)3-9/h1-2,5-7,9-10,14H,3-4,8H2,(H,19,20)/t9-,10+,14-/m1/s1. The van der Waals surface area contributed by atoms with Gasteiger partial charge in [-0.3, -0.25) is 9.59 Å². The summed E-state index contributed by atoms with van der Waals surface area (Å²) in [6.45, 7) is -0.305. The van der Waals surface area contributed by atoms with Crippen LogP contribution in [-0.4, -0.2) is 18.5 Å². The molecule has 0 unspecified atom stereocenters. The predicted molar refractivity (Wildman–Crippen MR) is 84.9 cm³/mol. The number of allylic oxidation sites excluding steroid dienone is 2. The third kappa shape index (κ3) is 3.45. The van der Waals surface area contributed by atoms with Crippen molar-refractivity contribution in [1.29, 1.82) is 0 Å². The normalized spacial score (nSPS) is 25.3. The first kappa shape index (κ1) is 15.4. The molecule has 116 valence electrons. The lowest BCUT2D eigenvalue weighted by Crippen LogP contribution is -2.26. The highest BCUT2D eigenvalue weighted by Gasteiger charge is 2.40. The zero-order valence-electron chi connectivity index (χ0n) is 11.7. The zero-order valence-corrected chi connectivity index (χ0v) is 13.2. The maximum atomic E-state index is 12.0. The van der Waals surface area contributed by atoms with E-state index in [0.29, 0.717) is 21.7 Å². The fraction of sp³-hybridized carbons (Fsp3) is 0.375. The summed E-state index contributed by atoms with van der Waals surface area (Å²) in [5.74, 6) is -0.0535. The number of benzene rings is 1. The van der Waals surface area contributed by atoms with E-state index in [1.54, 1.807) is 18.2 Å². The maximum absolute atomic E-state index is 12.0. The molecular formula is C16H15Cl2NO3. The smallest absolute Gasteiger partial charge is 0.310 e. The largest absolute Gasteiger partial charge is 0.455 e. The number of hydrogen-bond donors (Lipinski definition) is 1. The summed E-state index contributed by atoms with van der Waals surface area (Å²) in [5, 5.41) is 3.45. The second-order valence-electron chi connectivity index (χ2n) is 5.70. The van der Waals surface area contributed by atoms with Gasteiger partial charge in [-0.05, 0) is 42.9 Å². The molecule has 1 amide bonds. The van der Waals surface area contributed by atoms with E-state index in [9.17, 15) is 9.59 Å². The monoisotopic (exact) mass is 339 g/mol. The number of rotatable bonds is 4. The minimum atomic E-state index is -0.412. The van der Waals surface area contributed by atoms with Crippen molar-refractivity contribution in [2.75, 3.05) is 11.9 Å². The molecule has 1 N–H and O–H groups in total. The van der Waals surface area contributed by atoms with Crippen LogP contribution in [-0.2, 0) is 14.3 Å². The van der Waals surface area contributed by atoms with Crippen LogP contribution >= 0.6 is 23.2 Å². The molecule has 0 saturated heterocycles. The first-order chi connectivity index (χ1) is 10.5. The molecule has 0 radical (unpaired) electrons. The summed E-state index contributed by atoms with van der Waals surface area (Å²) in [5.41, 5.74) is 0.474. The Morgan fingerprint density at radius 1 is 1.14 bits per heavy atom. The van der Waals surface area contributed by atoms with Crippen LogP contribution in [0, 0.1) is 17.8 Å². The number of halogens is 2. The molecule has 2 aliphatic rings. The highest BCUT2D eigenvalue weighted by atomic mass is 35.5. The van der Waals surface area contributed by atoms with Gasteiger partial charge in [0, 0.05) is 15.7 Å². The van der Waals surface area contributed by atoms with Gasteiger partial charge < -0.3 is 10.1 Å². The molecule has 2 aliphatic carbocycles. The first-order valence-corrected chi connectivity index (χ1v) is 7.88. The number of carbonyl (C=O) groups is 2. The van der Waals surface area contributed by atoms with E-state index in [4.69, 9.17) is 27.9 Å². The van der Waals surface area contributed by atoms with Gasteiger partial charge in [0.25, 0.3) is 5.91 Å². The van der Waals surface area contributed by atoms with Crippen molar-refractivity contribution < 1.29 is 14.3 Å². The van der Waals surface area contributed by atoms with Crippen LogP contribution in [0.5, 0.6) is 0 Å². The van der Waals surface area contributed by atoms with Crippen molar-refractivity contribution in [3.05, 3.63) is 40.4 Å². The van der Waals surface area contributed by atoms with Crippen molar-refractivity contribution in [3.8, 4) is 0 Å². The predicted octanol–water partition coefficient (Wildman–Crippen LogP) is 3.69. The van der Waals surface area contributed by atoms with Gasteiger partial charge >= 0.3 is 5.97 Å². The van der Waals surface area contributed by atoms with Crippen molar-refractivity contribution in [2.24, 2.45) is 17.8 Å². The minimum absolute atomic E-state index is 0.108. The Hall–Kier alpha value is -1.52. The van der Waals surface area contributed by atoms with Crippen LogP contribution < -0.4 is 5.32 Å². The Morgan fingerprint density at radius 2 is 1.86 bits per heavy atom. The maximum Gasteiger partial charge on any atom is 0.310 e. The Bertz CT molecular complexity index is 624. The van der Waals surface area contributed by atoms with Gasteiger partial charge in [0.1, 0.15) is 0 Å². The second-order valence-corrected chi connectivity index (χ2v) is 6.57. The van der Waals surface area contributed by atoms with Gasteiger partial charge in [-0.2, -0.15) is 0 Å². The van der Waals surface area contributed by atoms with Crippen molar-refractivity contribution in [2.45, 2.75) is 12.8 Å². The number of esters is 1. The number of ether oxygens (including phenoxy) is 1. The lowest BCUT2D eigenvalue weighted by Gasteiger charge is -2.16. The Labute approximate surface area is 138 Å². The number of hydrogen-bond acceptors (Lipinski definition) is 3. The van der Waals surface area contributed by atoms with Crippen LogP contribution in [0.2, 0.25) is 10.0 Å². The Morgan fingerprint density at radius 3 is 2.45 bits per heavy atom. The van der Waals surface area contributed by atoms with Crippen LogP contribution in [0.15, 0.2) is 30.4 Å². The molecule has 3 atom stereocenters.